The van der Waals surface area contributed by atoms with Crippen LogP contribution >= 0.6 is 0 Å². The first-order chi connectivity index (χ1) is 9.85. The van der Waals surface area contributed by atoms with Crippen LogP contribution in [-0.4, -0.2) is 29.1 Å². The van der Waals surface area contributed by atoms with Crippen LogP contribution in [0, 0.1) is 12.8 Å². The Kier molecular flexibility index (Phi) is 6.21. The van der Waals surface area contributed by atoms with Crippen LogP contribution in [0.3, 0.4) is 0 Å². The topological polar surface area (TPSA) is 75.6 Å². The summed E-state index contributed by atoms with van der Waals surface area (Å²) in [7, 11) is 0. The first kappa shape index (κ1) is 17.0. The Morgan fingerprint density at radius 3 is 2.52 bits per heavy atom. The zero-order valence-electron chi connectivity index (χ0n) is 12.9. The average molecular weight is 293 g/mol. The quantitative estimate of drug-likeness (QED) is 0.809. The lowest BCUT2D eigenvalue weighted by molar-refractivity contribution is -0.144. The van der Waals surface area contributed by atoms with Crippen molar-refractivity contribution in [1.82, 2.24) is 5.32 Å². The first-order valence-electron chi connectivity index (χ1n) is 7.11. The summed E-state index contributed by atoms with van der Waals surface area (Å²) in [5, 5.41) is 11.7. The van der Waals surface area contributed by atoms with Crippen molar-refractivity contribution in [2.24, 2.45) is 5.92 Å². The Morgan fingerprint density at radius 1 is 1.33 bits per heavy atom. The Hall–Kier alpha value is -2.04. The van der Waals surface area contributed by atoms with Crippen LogP contribution in [0.1, 0.15) is 32.8 Å². The van der Waals surface area contributed by atoms with Gasteiger partial charge in [-0.15, -0.1) is 0 Å². The van der Waals surface area contributed by atoms with Crippen molar-refractivity contribution in [2.45, 2.75) is 46.3 Å². The monoisotopic (exact) mass is 293 g/mol. The SMILES string of the molecule is CCC(C)[C@H](NC(=O)C(C)Oc1cccc(C)c1)C(=O)O. The summed E-state index contributed by atoms with van der Waals surface area (Å²) in [6.45, 7) is 7.22. The zero-order valence-corrected chi connectivity index (χ0v) is 12.9. The van der Waals surface area contributed by atoms with Gasteiger partial charge in [0.1, 0.15) is 11.8 Å². The minimum Gasteiger partial charge on any atom is -0.481 e. The first-order valence-corrected chi connectivity index (χ1v) is 7.11. The summed E-state index contributed by atoms with van der Waals surface area (Å²) in [5.74, 6) is -1.00. The highest BCUT2D eigenvalue weighted by Gasteiger charge is 2.27. The number of hydrogen-bond donors (Lipinski definition) is 2. The molecule has 1 amide bonds. The predicted molar refractivity (Wildman–Crippen MR) is 80.3 cm³/mol. The van der Waals surface area contributed by atoms with E-state index in [1.165, 1.54) is 0 Å². The fraction of sp³-hybridized carbons (Fsp3) is 0.500. The van der Waals surface area contributed by atoms with E-state index in [1.807, 2.05) is 32.0 Å². The van der Waals surface area contributed by atoms with Gasteiger partial charge in [-0.05, 0) is 37.5 Å². The number of carboxylic acid groups (broad SMARTS) is 1. The van der Waals surface area contributed by atoms with Crippen LogP contribution < -0.4 is 10.1 Å². The van der Waals surface area contributed by atoms with Gasteiger partial charge in [0, 0.05) is 0 Å². The van der Waals surface area contributed by atoms with Crippen molar-refractivity contribution in [3.05, 3.63) is 29.8 Å². The lowest BCUT2D eigenvalue weighted by Crippen LogP contribution is -2.49. The van der Waals surface area contributed by atoms with Crippen LogP contribution in [0.15, 0.2) is 24.3 Å². The van der Waals surface area contributed by atoms with Gasteiger partial charge in [-0.25, -0.2) is 4.79 Å². The van der Waals surface area contributed by atoms with Crippen LogP contribution in [0.5, 0.6) is 5.75 Å². The maximum Gasteiger partial charge on any atom is 0.326 e. The van der Waals surface area contributed by atoms with Gasteiger partial charge in [0.15, 0.2) is 6.10 Å². The number of amides is 1. The number of aliphatic carboxylic acids is 1. The van der Waals surface area contributed by atoms with E-state index >= 15 is 0 Å². The molecule has 0 aliphatic carbocycles. The molecule has 0 heterocycles. The maximum absolute atomic E-state index is 12.1. The van der Waals surface area contributed by atoms with Crippen molar-refractivity contribution in [3.8, 4) is 5.75 Å². The molecule has 0 aliphatic rings. The summed E-state index contributed by atoms with van der Waals surface area (Å²) in [5.41, 5.74) is 1.03. The lowest BCUT2D eigenvalue weighted by Gasteiger charge is -2.22. The lowest BCUT2D eigenvalue weighted by atomic mass is 9.99. The highest BCUT2D eigenvalue weighted by atomic mass is 16.5. The minimum absolute atomic E-state index is 0.141. The maximum atomic E-state index is 12.1. The molecule has 1 rings (SSSR count). The molecular formula is C16H23NO4. The number of nitrogens with one attached hydrogen (secondary N) is 1. The second-order valence-electron chi connectivity index (χ2n) is 5.29. The van der Waals surface area contributed by atoms with Crippen LogP contribution in [0.4, 0.5) is 0 Å². The highest BCUT2D eigenvalue weighted by molar-refractivity contribution is 5.86. The Labute approximate surface area is 125 Å². The van der Waals surface area contributed by atoms with Gasteiger partial charge < -0.3 is 15.2 Å². The van der Waals surface area contributed by atoms with Gasteiger partial charge in [0.25, 0.3) is 5.91 Å². The minimum atomic E-state index is -1.03. The number of carboxylic acids is 1. The second-order valence-corrected chi connectivity index (χ2v) is 5.29. The molecular weight excluding hydrogens is 270 g/mol. The molecule has 0 spiro atoms. The standard InChI is InChI=1S/C16H23NO4/c1-5-11(3)14(16(19)20)17-15(18)12(4)21-13-8-6-7-10(2)9-13/h6-9,11-12,14H,5H2,1-4H3,(H,17,18)(H,19,20)/t11?,12?,14-/m0/s1. The number of benzene rings is 1. The number of aryl methyl sites for hydroxylation is 1. The fourth-order valence-electron chi connectivity index (χ4n) is 1.90. The van der Waals surface area contributed by atoms with Crippen LogP contribution in [-0.2, 0) is 9.59 Å². The molecule has 0 saturated carbocycles. The van der Waals surface area contributed by atoms with Gasteiger partial charge in [-0.1, -0.05) is 32.4 Å². The number of carbonyl (C=O) groups is 2. The summed E-state index contributed by atoms with van der Waals surface area (Å²) in [4.78, 5) is 23.3. The summed E-state index contributed by atoms with van der Waals surface area (Å²) >= 11 is 0. The van der Waals surface area contributed by atoms with E-state index in [0.717, 1.165) is 5.56 Å². The van der Waals surface area contributed by atoms with E-state index in [2.05, 4.69) is 5.32 Å². The summed E-state index contributed by atoms with van der Waals surface area (Å²) < 4.78 is 5.55. The molecule has 0 fully saturated rings. The normalized spacial score (nSPS) is 14.9. The molecule has 0 saturated heterocycles. The molecule has 0 bridgehead atoms. The molecule has 116 valence electrons. The molecule has 3 atom stereocenters. The van der Waals surface area contributed by atoms with E-state index in [0.29, 0.717) is 12.2 Å². The largest absolute Gasteiger partial charge is 0.481 e. The number of rotatable bonds is 7. The van der Waals surface area contributed by atoms with Crippen molar-refractivity contribution >= 4 is 11.9 Å². The zero-order chi connectivity index (χ0) is 16.0. The number of carbonyl (C=O) groups excluding carboxylic acids is 1. The van der Waals surface area contributed by atoms with E-state index in [1.54, 1.807) is 19.9 Å². The molecule has 21 heavy (non-hydrogen) atoms. The van der Waals surface area contributed by atoms with Gasteiger partial charge in [0.2, 0.25) is 0 Å². The molecule has 0 aliphatic heterocycles. The van der Waals surface area contributed by atoms with Crippen LogP contribution in [0.2, 0.25) is 0 Å². The third-order valence-electron chi connectivity index (χ3n) is 3.45. The van der Waals surface area contributed by atoms with Gasteiger partial charge in [-0.2, -0.15) is 0 Å². The second kappa shape index (κ2) is 7.67. The average Bonchev–Trinajstić information content (AvgIpc) is 2.43. The van der Waals surface area contributed by atoms with Gasteiger partial charge >= 0.3 is 5.97 Å². The third-order valence-corrected chi connectivity index (χ3v) is 3.45. The fourth-order valence-corrected chi connectivity index (χ4v) is 1.90. The molecule has 1 aromatic rings. The van der Waals surface area contributed by atoms with Crippen LogP contribution in [0.25, 0.3) is 0 Å². The number of hydrogen-bond acceptors (Lipinski definition) is 3. The molecule has 0 aromatic heterocycles. The van der Waals surface area contributed by atoms with E-state index in [9.17, 15) is 14.7 Å². The molecule has 2 N–H and O–H groups in total. The van der Waals surface area contributed by atoms with E-state index < -0.39 is 24.0 Å². The Bertz CT molecular complexity index is 501. The molecule has 5 nitrogen and oxygen atoms in total. The Morgan fingerprint density at radius 2 is 2.00 bits per heavy atom. The van der Waals surface area contributed by atoms with Crippen molar-refractivity contribution in [1.29, 1.82) is 0 Å². The summed E-state index contributed by atoms with van der Waals surface area (Å²) in [6, 6.07) is 6.47. The molecule has 2 unspecified atom stereocenters. The van der Waals surface area contributed by atoms with E-state index in [-0.39, 0.29) is 5.92 Å². The Balaban J connectivity index is 2.67. The molecule has 1 aromatic carbocycles. The number of ether oxygens (including phenoxy) is 1. The van der Waals surface area contributed by atoms with E-state index in [4.69, 9.17) is 4.74 Å². The predicted octanol–water partition coefficient (Wildman–Crippen LogP) is 2.38. The third kappa shape index (κ3) is 5.10. The highest BCUT2D eigenvalue weighted by Crippen LogP contribution is 2.15. The van der Waals surface area contributed by atoms with Crippen molar-refractivity contribution < 1.29 is 19.4 Å². The van der Waals surface area contributed by atoms with Gasteiger partial charge in [0.05, 0.1) is 0 Å². The van der Waals surface area contributed by atoms with Crippen molar-refractivity contribution in [2.75, 3.05) is 0 Å². The molecule has 5 heteroatoms. The van der Waals surface area contributed by atoms with Crippen molar-refractivity contribution in [3.63, 3.8) is 0 Å². The molecule has 0 radical (unpaired) electrons. The van der Waals surface area contributed by atoms with Gasteiger partial charge in [-0.3, -0.25) is 4.79 Å². The summed E-state index contributed by atoms with van der Waals surface area (Å²) in [6.07, 6.45) is -0.0811. The smallest absolute Gasteiger partial charge is 0.326 e.